The first-order valence-corrected chi connectivity index (χ1v) is 9.05. The molecule has 0 aliphatic carbocycles. The number of carbonyl (C=O) groups is 1. The Hall–Kier alpha value is -3.54. The number of methoxy groups -OCH3 is 1. The molecule has 0 aliphatic heterocycles. The highest BCUT2D eigenvalue weighted by molar-refractivity contribution is 5.95. The summed E-state index contributed by atoms with van der Waals surface area (Å²) in [5.41, 5.74) is 3.51. The highest BCUT2D eigenvalue weighted by atomic mass is 16.5. The molecule has 0 unspecified atom stereocenters. The summed E-state index contributed by atoms with van der Waals surface area (Å²) in [6, 6.07) is 17.5. The first-order valence-electron chi connectivity index (χ1n) is 9.05. The third-order valence-corrected chi connectivity index (χ3v) is 4.56. The van der Waals surface area contributed by atoms with Gasteiger partial charge in [0, 0.05) is 23.1 Å². The van der Waals surface area contributed by atoms with Crippen LogP contribution in [-0.2, 0) is 17.8 Å². The highest BCUT2D eigenvalue weighted by Crippen LogP contribution is 2.26. The van der Waals surface area contributed by atoms with Gasteiger partial charge in [0.15, 0.2) is 0 Å². The van der Waals surface area contributed by atoms with Crippen molar-refractivity contribution in [2.45, 2.75) is 19.9 Å². The number of hydrogen-bond donors (Lipinski definition) is 1. The zero-order chi connectivity index (χ0) is 19.5. The molecule has 0 radical (unpaired) electrons. The monoisotopic (exact) mass is 375 g/mol. The Morgan fingerprint density at radius 1 is 1.18 bits per heavy atom. The van der Waals surface area contributed by atoms with Crippen LogP contribution in [0.15, 0.2) is 65.3 Å². The Kier molecular flexibility index (Phi) is 4.85. The number of aromatic nitrogens is 2. The molecular formula is C22H21N3O3. The van der Waals surface area contributed by atoms with Crippen LogP contribution in [0.4, 0.5) is 5.82 Å². The third-order valence-electron chi connectivity index (χ3n) is 4.56. The minimum atomic E-state index is -0.118. The van der Waals surface area contributed by atoms with Crippen LogP contribution in [0.25, 0.3) is 11.0 Å². The molecule has 0 saturated carbocycles. The fourth-order valence-corrected chi connectivity index (χ4v) is 3.21. The average Bonchev–Trinajstić information content (AvgIpc) is 3.25. The first kappa shape index (κ1) is 17.9. The van der Waals surface area contributed by atoms with Crippen LogP contribution < -0.4 is 10.1 Å². The maximum absolute atomic E-state index is 12.6. The molecular weight excluding hydrogens is 354 g/mol. The largest absolute Gasteiger partial charge is 0.497 e. The summed E-state index contributed by atoms with van der Waals surface area (Å²) in [6.45, 7) is 2.51. The van der Waals surface area contributed by atoms with Gasteiger partial charge in [-0.15, -0.1) is 0 Å². The van der Waals surface area contributed by atoms with Crippen molar-refractivity contribution in [3.8, 4) is 5.75 Å². The summed E-state index contributed by atoms with van der Waals surface area (Å²) in [5, 5.41) is 8.37. The van der Waals surface area contributed by atoms with Gasteiger partial charge < -0.3 is 14.5 Å². The lowest BCUT2D eigenvalue weighted by Crippen LogP contribution is -2.17. The van der Waals surface area contributed by atoms with Crippen molar-refractivity contribution in [1.82, 2.24) is 9.78 Å². The zero-order valence-electron chi connectivity index (χ0n) is 15.8. The molecule has 4 rings (SSSR count). The molecule has 0 aliphatic rings. The first-order chi connectivity index (χ1) is 13.6. The molecule has 6 heteroatoms. The third kappa shape index (κ3) is 3.76. The molecule has 142 valence electrons. The van der Waals surface area contributed by atoms with Gasteiger partial charge in [-0.25, -0.2) is 4.68 Å². The molecule has 4 aromatic rings. The summed E-state index contributed by atoms with van der Waals surface area (Å²) in [7, 11) is 1.61. The van der Waals surface area contributed by atoms with Crippen molar-refractivity contribution < 1.29 is 13.9 Å². The van der Waals surface area contributed by atoms with E-state index in [0.717, 1.165) is 28.0 Å². The maximum atomic E-state index is 12.6. The molecule has 2 aromatic heterocycles. The lowest BCUT2D eigenvalue weighted by atomic mass is 10.1. The topological polar surface area (TPSA) is 69.3 Å². The number of nitrogens with one attached hydrogen (secondary N) is 1. The van der Waals surface area contributed by atoms with Gasteiger partial charge >= 0.3 is 0 Å². The maximum Gasteiger partial charge on any atom is 0.230 e. The number of benzene rings is 2. The molecule has 0 spiro atoms. The number of hydrogen-bond acceptors (Lipinski definition) is 4. The van der Waals surface area contributed by atoms with Gasteiger partial charge in [-0.1, -0.05) is 30.3 Å². The second-order valence-corrected chi connectivity index (χ2v) is 6.66. The molecule has 0 saturated heterocycles. The minimum absolute atomic E-state index is 0.118. The normalized spacial score (nSPS) is 10.9. The quantitative estimate of drug-likeness (QED) is 0.549. The number of anilines is 1. The van der Waals surface area contributed by atoms with Crippen LogP contribution in [0.5, 0.6) is 5.75 Å². The van der Waals surface area contributed by atoms with E-state index in [1.807, 2.05) is 61.5 Å². The number of aryl methyl sites for hydroxylation is 1. The van der Waals surface area contributed by atoms with E-state index in [1.54, 1.807) is 18.1 Å². The number of amides is 1. The number of ether oxygens (including phenoxy) is 1. The number of fused-ring (bicyclic) bond motifs is 1. The molecule has 28 heavy (non-hydrogen) atoms. The fourth-order valence-electron chi connectivity index (χ4n) is 3.21. The van der Waals surface area contributed by atoms with Gasteiger partial charge in [-0.2, -0.15) is 5.10 Å². The van der Waals surface area contributed by atoms with Gasteiger partial charge in [-0.3, -0.25) is 4.79 Å². The summed E-state index contributed by atoms with van der Waals surface area (Å²) in [4.78, 5) is 12.6. The lowest BCUT2D eigenvalue weighted by molar-refractivity contribution is -0.115. The van der Waals surface area contributed by atoms with Gasteiger partial charge in [0.2, 0.25) is 5.91 Å². The van der Waals surface area contributed by atoms with Crippen molar-refractivity contribution in [2.24, 2.45) is 0 Å². The Morgan fingerprint density at radius 2 is 2.00 bits per heavy atom. The van der Waals surface area contributed by atoms with E-state index in [4.69, 9.17) is 9.15 Å². The summed E-state index contributed by atoms with van der Waals surface area (Å²) < 4.78 is 12.6. The predicted molar refractivity (Wildman–Crippen MR) is 108 cm³/mol. The van der Waals surface area contributed by atoms with Crippen molar-refractivity contribution >= 4 is 22.7 Å². The van der Waals surface area contributed by atoms with Crippen LogP contribution in [0, 0.1) is 6.92 Å². The summed E-state index contributed by atoms with van der Waals surface area (Å²) in [6.07, 6.45) is 1.84. The van der Waals surface area contributed by atoms with Crippen LogP contribution >= 0.6 is 0 Å². The van der Waals surface area contributed by atoms with E-state index in [-0.39, 0.29) is 12.3 Å². The Morgan fingerprint density at radius 3 is 2.79 bits per heavy atom. The number of furan rings is 1. The smallest absolute Gasteiger partial charge is 0.230 e. The second-order valence-electron chi connectivity index (χ2n) is 6.66. The van der Waals surface area contributed by atoms with E-state index in [1.165, 1.54) is 0 Å². The van der Waals surface area contributed by atoms with Crippen LogP contribution in [0.3, 0.4) is 0 Å². The Labute approximate surface area is 162 Å². The summed E-state index contributed by atoms with van der Waals surface area (Å²) in [5.74, 6) is 1.28. The van der Waals surface area contributed by atoms with Gasteiger partial charge in [0.1, 0.15) is 17.2 Å². The van der Waals surface area contributed by atoms with Gasteiger partial charge in [0.05, 0.1) is 32.0 Å². The number of carbonyl (C=O) groups excluding carboxylic acids is 1. The van der Waals surface area contributed by atoms with E-state index in [2.05, 4.69) is 10.4 Å². The summed E-state index contributed by atoms with van der Waals surface area (Å²) >= 11 is 0. The SMILES string of the molecule is COc1ccc2c(CC(=O)Nc3cc(C)nn3Cc3ccccc3)coc2c1. The van der Waals surface area contributed by atoms with Crippen LogP contribution in [-0.4, -0.2) is 22.8 Å². The van der Waals surface area contributed by atoms with E-state index >= 15 is 0 Å². The Balaban J connectivity index is 1.50. The molecule has 1 N–H and O–H groups in total. The van der Waals surface area contributed by atoms with Gasteiger partial charge in [0.25, 0.3) is 0 Å². The highest BCUT2D eigenvalue weighted by Gasteiger charge is 2.14. The second kappa shape index (κ2) is 7.60. The standard InChI is InChI=1S/C22H21N3O3/c1-15-10-21(25(24-15)13-16-6-4-3-5-7-16)23-22(26)11-17-14-28-20-12-18(27-2)8-9-19(17)20/h3-10,12,14H,11,13H2,1-2H3,(H,23,26). The molecule has 1 amide bonds. The zero-order valence-corrected chi connectivity index (χ0v) is 15.8. The average molecular weight is 375 g/mol. The van der Waals surface area contributed by atoms with Crippen molar-refractivity contribution in [1.29, 1.82) is 0 Å². The van der Waals surface area contributed by atoms with Crippen LogP contribution in [0.1, 0.15) is 16.8 Å². The Bertz CT molecular complexity index is 1110. The minimum Gasteiger partial charge on any atom is -0.497 e. The molecule has 0 bridgehead atoms. The molecule has 6 nitrogen and oxygen atoms in total. The number of nitrogens with zero attached hydrogens (tertiary/aromatic N) is 2. The predicted octanol–water partition coefficient (Wildman–Crippen LogP) is 4.18. The van der Waals surface area contributed by atoms with Gasteiger partial charge in [-0.05, 0) is 24.6 Å². The van der Waals surface area contributed by atoms with Crippen molar-refractivity contribution in [3.63, 3.8) is 0 Å². The molecule has 0 atom stereocenters. The van der Waals surface area contributed by atoms with E-state index in [0.29, 0.717) is 17.9 Å². The van der Waals surface area contributed by atoms with E-state index in [9.17, 15) is 4.79 Å². The lowest BCUT2D eigenvalue weighted by Gasteiger charge is -2.09. The van der Waals surface area contributed by atoms with Crippen molar-refractivity contribution in [2.75, 3.05) is 12.4 Å². The molecule has 2 aromatic carbocycles. The molecule has 2 heterocycles. The fraction of sp³-hybridized carbons (Fsp3) is 0.182. The van der Waals surface area contributed by atoms with Crippen LogP contribution in [0.2, 0.25) is 0 Å². The number of rotatable bonds is 6. The van der Waals surface area contributed by atoms with E-state index < -0.39 is 0 Å². The molecule has 0 fully saturated rings. The van der Waals surface area contributed by atoms with Crippen molar-refractivity contribution in [3.05, 3.63) is 77.7 Å².